The third kappa shape index (κ3) is 2.49. The molecule has 2 aromatic heterocycles. The molecule has 3 rings (SSSR count). The smallest absolute Gasteiger partial charge is 0.128 e. The molecule has 0 fully saturated rings. The van der Waals surface area contributed by atoms with Gasteiger partial charge in [0.25, 0.3) is 0 Å². The Morgan fingerprint density at radius 1 is 1.30 bits per heavy atom. The molecule has 4 nitrogen and oxygen atoms in total. The molecular formula is C14H12Cl2N4. The lowest BCUT2D eigenvalue weighted by molar-refractivity contribution is 0.715. The van der Waals surface area contributed by atoms with Crippen molar-refractivity contribution in [3.05, 3.63) is 53.1 Å². The predicted molar refractivity (Wildman–Crippen MR) is 80.1 cm³/mol. The summed E-state index contributed by atoms with van der Waals surface area (Å²) in [7, 11) is 0. The first-order valence-electron chi connectivity index (χ1n) is 6.21. The molecule has 1 unspecified atom stereocenters. The Bertz CT molecular complexity index is 738. The number of hydrogen-bond donors (Lipinski definition) is 0. The molecule has 0 radical (unpaired) electrons. The van der Waals surface area contributed by atoms with Crippen LogP contribution in [0.2, 0.25) is 5.02 Å². The average molecular weight is 307 g/mol. The minimum Gasteiger partial charge on any atom is -0.321 e. The van der Waals surface area contributed by atoms with Crippen molar-refractivity contribution in [1.29, 1.82) is 0 Å². The van der Waals surface area contributed by atoms with E-state index in [-0.39, 0.29) is 5.38 Å². The van der Waals surface area contributed by atoms with Crippen molar-refractivity contribution in [2.24, 2.45) is 0 Å². The first-order chi connectivity index (χ1) is 9.65. The van der Waals surface area contributed by atoms with Crippen LogP contribution in [0.1, 0.15) is 23.8 Å². The van der Waals surface area contributed by atoms with Crippen LogP contribution in [0.3, 0.4) is 0 Å². The maximum absolute atomic E-state index is 6.23. The van der Waals surface area contributed by atoms with Gasteiger partial charge >= 0.3 is 0 Å². The second kappa shape index (κ2) is 5.38. The highest BCUT2D eigenvalue weighted by Crippen LogP contribution is 2.27. The maximum atomic E-state index is 6.23. The van der Waals surface area contributed by atoms with Gasteiger partial charge in [0.2, 0.25) is 0 Å². The molecular weight excluding hydrogens is 295 g/mol. The van der Waals surface area contributed by atoms with Crippen LogP contribution in [0, 0.1) is 0 Å². The number of aromatic nitrogens is 4. The van der Waals surface area contributed by atoms with Crippen molar-refractivity contribution >= 4 is 34.2 Å². The molecule has 3 aromatic rings. The van der Waals surface area contributed by atoms with Crippen LogP contribution in [0.4, 0.5) is 0 Å². The number of fused-ring (bicyclic) bond motifs is 1. The molecule has 0 saturated carbocycles. The second-order valence-electron chi connectivity index (χ2n) is 4.52. The summed E-state index contributed by atoms with van der Waals surface area (Å²) in [6.07, 6.45) is 1.65. The average Bonchev–Trinajstić information content (AvgIpc) is 2.78. The third-order valence-corrected chi connectivity index (χ3v) is 3.47. The summed E-state index contributed by atoms with van der Waals surface area (Å²) in [5, 5.41) is 8.48. The molecule has 0 aliphatic carbocycles. The van der Waals surface area contributed by atoms with E-state index in [1.54, 1.807) is 6.20 Å². The molecule has 1 atom stereocenters. The molecule has 6 heteroatoms. The van der Waals surface area contributed by atoms with Gasteiger partial charge in [0.05, 0.1) is 28.6 Å². The topological polar surface area (TPSA) is 43.6 Å². The molecule has 0 aliphatic heterocycles. The van der Waals surface area contributed by atoms with E-state index < -0.39 is 0 Å². The molecule has 0 N–H and O–H groups in total. The normalized spacial score (nSPS) is 12.8. The van der Waals surface area contributed by atoms with Crippen LogP contribution >= 0.6 is 23.2 Å². The van der Waals surface area contributed by atoms with E-state index in [0.717, 1.165) is 22.6 Å². The molecule has 20 heavy (non-hydrogen) atoms. The summed E-state index contributed by atoms with van der Waals surface area (Å²) < 4.78 is 2.03. The van der Waals surface area contributed by atoms with Gasteiger partial charge in [-0.05, 0) is 37.3 Å². The molecule has 0 saturated heterocycles. The number of nitrogens with zero attached hydrogens (tertiary/aromatic N) is 4. The molecule has 102 valence electrons. The number of benzene rings is 1. The van der Waals surface area contributed by atoms with Gasteiger partial charge in [-0.2, -0.15) is 10.2 Å². The van der Waals surface area contributed by atoms with Crippen molar-refractivity contribution < 1.29 is 0 Å². The quantitative estimate of drug-likeness (QED) is 0.691. The van der Waals surface area contributed by atoms with Crippen LogP contribution in [-0.2, 0) is 6.54 Å². The Labute approximate surface area is 126 Å². The number of imidazole rings is 1. The highest BCUT2D eigenvalue weighted by atomic mass is 35.5. The summed E-state index contributed by atoms with van der Waals surface area (Å²) in [6, 6.07) is 9.40. The predicted octanol–water partition coefficient (Wildman–Crippen LogP) is 3.83. The summed E-state index contributed by atoms with van der Waals surface area (Å²) >= 11 is 12.3. The van der Waals surface area contributed by atoms with Crippen LogP contribution in [-0.4, -0.2) is 19.7 Å². The first kappa shape index (κ1) is 13.3. The van der Waals surface area contributed by atoms with E-state index in [2.05, 4.69) is 15.2 Å². The Morgan fingerprint density at radius 2 is 2.15 bits per heavy atom. The van der Waals surface area contributed by atoms with E-state index in [1.165, 1.54) is 0 Å². The Morgan fingerprint density at radius 3 is 2.85 bits per heavy atom. The first-order valence-corrected chi connectivity index (χ1v) is 7.03. The van der Waals surface area contributed by atoms with Crippen molar-refractivity contribution in [1.82, 2.24) is 19.7 Å². The zero-order valence-electron chi connectivity index (χ0n) is 10.8. The highest BCUT2D eigenvalue weighted by molar-refractivity contribution is 6.31. The van der Waals surface area contributed by atoms with E-state index in [9.17, 15) is 0 Å². The van der Waals surface area contributed by atoms with Crippen molar-refractivity contribution in [2.45, 2.75) is 18.8 Å². The van der Waals surface area contributed by atoms with Crippen LogP contribution in [0.25, 0.3) is 11.0 Å². The second-order valence-corrected chi connectivity index (χ2v) is 5.61. The molecule has 0 amide bonds. The largest absolute Gasteiger partial charge is 0.321 e. The zero-order valence-corrected chi connectivity index (χ0v) is 12.3. The molecule has 0 aliphatic rings. The monoisotopic (exact) mass is 306 g/mol. The minimum atomic E-state index is -0.196. The summed E-state index contributed by atoms with van der Waals surface area (Å²) in [5.41, 5.74) is 2.68. The van der Waals surface area contributed by atoms with Crippen LogP contribution in [0.15, 0.2) is 36.5 Å². The van der Waals surface area contributed by atoms with Crippen LogP contribution < -0.4 is 0 Å². The van der Waals surface area contributed by atoms with Gasteiger partial charge in [-0.15, -0.1) is 11.6 Å². The molecule has 1 aromatic carbocycles. The molecule has 0 spiro atoms. The van der Waals surface area contributed by atoms with Gasteiger partial charge in [0, 0.05) is 11.2 Å². The Kier molecular flexibility index (Phi) is 3.59. The minimum absolute atomic E-state index is 0.196. The van der Waals surface area contributed by atoms with Crippen molar-refractivity contribution in [3.8, 4) is 0 Å². The van der Waals surface area contributed by atoms with E-state index in [0.29, 0.717) is 11.6 Å². The summed E-state index contributed by atoms with van der Waals surface area (Å²) in [4.78, 5) is 4.57. The number of rotatable bonds is 3. The number of halogens is 2. The number of alkyl halides is 1. The zero-order chi connectivity index (χ0) is 14.1. The standard InChI is InChI=1S/C14H12Cl2N4/c1-9(15)14-18-12-5-4-10(16)7-13(12)20(14)8-11-3-2-6-17-19-11/h2-7,9H,8H2,1H3. The fourth-order valence-corrected chi connectivity index (χ4v) is 2.50. The Balaban J connectivity index is 2.15. The van der Waals surface area contributed by atoms with Gasteiger partial charge < -0.3 is 4.57 Å². The van der Waals surface area contributed by atoms with E-state index >= 15 is 0 Å². The van der Waals surface area contributed by atoms with Crippen molar-refractivity contribution in [2.75, 3.05) is 0 Å². The summed E-state index contributed by atoms with van der Waals surface area (Å²) in [6.45, 7) is 2.47. The van der Waals surface area contributed by atoms with E-state index in [1.807, 2.05) is 41.8 Å². The lowest BCUT2D eigenvalue weighted by Crippen LogP contribution is -2.07. The molecule has 0 bridgehead atoms. The Hall–Kier alpha value is -1.65. The van der Waals surface area contributed by atoms with Gasteiger partial charge in [-0.3, -0.25) is 0 Å². The van der Waals surface area contributed by atoms with E-state index in [4.69, 9.17) is 23.2 Å². The lowest BCUT2D eigenvalue weighted by Gasteiger charge is -2.09. The number of hydrogen-bond acceptors (Lipinski definition) is 3. The maximum Gasteiger partial charge on any atom is 0.128 e. The fraction of sp³-hybridized carbons (Fsp3) is 0.214. The van der Waals surface area contributed by atoms with Crippen LogP contribution in [0.5, 0.6) is 0 Å². The molecule has 2 heterocycles. The van der Waals surface area contributed by atoms with Gasteiger partial charge in [-0.25, -0.2) is 4.98 Å². The highest BCUT2D eigenvalue weighted by Gasteiger charge is 2.15. The lowest BCUT2D eigenvalue weighted by atomic mass is 10.3. The third-order valence-electron chi connectivity index (χ3n) is 3.04. The van der Waals surface area contributed by atoms with Gasteiger partial charge in [0.15, 0.2) is 0 Å². The van der Waals surface area contributed by atoms with Gasteiger partial charge in [-0.1, -0.05) is 11.6 Å². The van der Waals surface area contributed by atoms with Crippen molar-refractivity contribution in [3.63, 3.8) is 0 Å². The SMILES string of the molecule is CC(Cl)c1nc2ccc(Cl)cc2n1Cc1cccnn1. The van der Waals surface area contributed by atoms with Gasteiger partial charge in [0.1, 0.15) is 5.82 Å². The summed E-state index contributed by atoms with van der Waals surface area (Å²) in [5.74, 6) is 0.801. The fourth-order valence-electron chi connectivity index (χ4n) is 2.16.